The monoisotopic (exact) mass is 373 g/mol. The molecule has 0 radical (unpaired) electrons. The Hall–Kier alpha value is -2.14. The number of rotatable bonds is 9. The molecule has 0 aliphatic carbocycles. The number of thioether (sulfide) groups is 1. The summed E-state index contributed by atoms with van der Waals surface area (Å²) in [6.45, 7) is 4.66. The quantitative estimate of drug-likeness (QED) is 0.527. The van der Waals surface area contributed by atoms with Crippen molar-refractivity contribution in [3.8, 4) is 11.5 Å². The summed E-state index contributed by atoms with van der Waals surface area (Å²) in [5.41, 5.74) is 2.39. The maximum atomic E-state index is 12.2. The van der Waals surface area contributed by atoms with Gasteiger partial charge in [-0.05, 0) is 56.5 Å². The second kappa shape index (κ2) is 10.1. The van der Waals surface area contributed by atoms with Crippen LogP contribution in [-0.4, -0.2) is 31.9 Å². The summed E-state index contributed by atoms with van der Waals surface area (Å²) in [4.78, 5) is 13.4. The molecule has 0 fully saturated rings. The van der Waals surface area contributed by atoms with Crippen LogP contribution in [-0.2, 0) is 11.2 Å². The molecular formula is C21H27NO3S. The molecule has 1 N–H and O–H groups in total. The molecule has 1 amide bonds. The van der Waals surface area contributed by atoms with Crippen LogP contribution in [0.25, 0.3) is 0 Å². The van der Waals surface area contributed by atoms with Crippen LogP contribution in [0.1, 0.15) is 24.5 Å². The number of benzene rings is 2. The molecule has 26 heavy (non-hydrogen) atoms. The van der Waals surface area contributed by atoms with E-state index in [-0.39, 0.29) is 11.2 Å². The van der Waals surface area contributed by atoms with E-state index in [9.17, 15) is 4.79 Å². The lowest BCUT2D eigenvalue weighted by Crippen LogP contribution is -2.31. The first kappa shape index (κ1) is 20.2. The minimum atomic E-state index is -0.112. The van der Waals surface area contributed by atoms with Crippen LogP contribution in [0.15, 0.2) is 47.4 Å². The number of ether oxygens (including phenoxy) is 2. The zero-order valence-electron chi connectivity index (χ0n) is 15.9. The molecule has 1 atom stereocenters. The minimum absolute atomic E-state index is 0.0721. The van der Waals surface area contributed by atoms with Gasteiger partial charge < -0.3 is 14.8 Å². The first-order chi connectivity index (χ1) is 12.5. The third-order valence-electron chi connectivity index (χ3n) is 4.09. The Morgan fingerprint density at radius 2 is 1.77 bits per heavy atom. The van der Waals surface area contributed by atoms with E-state index < -0.39 is 0 Å². The third-order valence-corrected chi connectivity index (χ3v) is 5.20. The van der Waals surface area contributed by atoms with Crippen molar-refractivity contribution >= 4 is 17.7 Å². The average Bonchev–Trinajstić information content (AvgIpc) is 2.66. The zero-order valence-corrected chi connectivity index (χ0v) is 16.7. The van der Waals surface area contributed by atoms with Gasteiger partial charge in [0.05, 0.1) is 19.5 Å². The summed E-state index contributed by atoms with van der Waals surface area (Å²) in [6, 6.07) is 14.2. The topological polar surface area (TPSA) is 47.6 Å². The third kappa shape index (κ3) is 5.99. The van der Waals surface area contributed by atoms with E-state index in [2.05, 4.69) is 36.5 Å². The molecular weight excluding hydrogens is 346 g/mol. The minimum Gasteiger partial charge on any atom is -0.493 e. The van der Waals surface area contributed by atoms with Crippen LogP contribution >= 0.6 is 11.8 Å². The number of amides is 1. The van der Waals surface area contributed by atoms with Crippen molar-refractivity contribution in [2.75, 3.05) is 20.8 Å². The van der Waals surface area contributed by atoms with Crippen LogP contribution < -0.4 is 14.8 Å². The van der Waals surface area contributed by atoms with Crippen molar-refractivity contribution in [3.63, 3.8) is 0 Å². The van der Waals surface area contributed by atoms with Crippen LogP contribution in [0, 0.1) is 6.92 Å². The molecule has 0 saturated carbocycles. The molecule has 0 aliphatic heterocycles. The Morgan fingerprint density at radius 1 is 1.08 bits per heavy atom. The Morgan fingerprint density at radius 3 is 2.42 bits per heavy atom. The lowest BCUT2D eigenvalue weighted by Gasteiger charge is -2.13. The standard InChI is InChI=1S/C21H27NO3S/c1-15-7-10-18(11-8-15)26-16(2)21(23)22-13-5-6-17-9-12-19(24-3)20(14-17)25-4/h7-12,14,16H,5-6,13H2,1-4H3,(H,22,23)/t16-/m0/s1. The van der Waals surface area contributed by atoms with Crippen molar-refractivity contribution in [1.82, 2.24) is 5.32 Å². The average molecular weight is 374 g/mol. The predicted molar refractivity (Wildman–Crippen MR) is 107 cm³/mol. The van der Waals surface area contributed by atoms with E-state index in [1.54, 1.807) is 26.0 Å². The second-order valence-corrected chi connectivity index (χ2v) is 7.57. The number of methoxy groups -OCH3 is 2. The molecule has 0 spiro atoms. The molecule has 140 valence electrons. The van der Waals surface area contributed by atoms with Crippen molar-refractivity contribution < 1.29 is 14.3 Å². The molecule has 2 aromatic carbocycles. The summed E-state index contributed by atoms with van der Waals surface area (Å²) in [5, 5.41) is 2.91. The van der Waals surface area contributed by atoms with Crippen LogP contribution in [0.3, 0.4) is 0 Å². The first-order valence-corrected chi connectivity index (χ1v) is 9.63. The summed E-state index contributed by atoms with van der Waals surface area (Å²) < 4.78 is 10.6. The molecule has 2 aromatic rings. The molecule has 5 heteroatoms. The number of carbonyl (C=O) groups excluding carboxylic acids is 1. The highest BCUT2D eigenvalue weighted by Crippen LogP contribution is 2.28. The Kier molecular flexibility index (Phi) is 7.85. The highest BCUT2D eigenvalue weighted by atomic mass is 32.2. The van der Waals surface area contributed by atoms with E-state index in [1.807, 2.05) is 25.1 Å². The van der Waals surface area contributed by atoms with Crippen LogP contribution in [0.2, 0.25) is 0 Å². The summed E-state index contributed by atoms with van der Waals surface area (Å²) in [6.07, 6.45) is 1.75. The van der Waals surface area contributed by atoms with Gasteiger partial charge in [0.2, 0.25) is 5.91 Å². The fourth-order valence-corrected chi connectivity index (χ4v) is 3.45. The van der Waals surface area contributed by atoms with Gasteiger partial charge in [-0.15, -0.1) is 11.8 Å². The van der Waals surface area contributed by atoms with Crippen molar-refractivity contribution in [3.05, 3.63) is 53.6 Å². The SMILES string of the molecule is COc1ccc(CCCNC(=O)[C@H](C)Sc2ccc(C)cc2)cc1OC. The highest BCUT2D eigenvalue weighted by molar-refractivity contribution is 8.00. The van der Waals surface area contributed by atoms with E-state index in [1.165, 1.54) is 11.1 Å². The fraction of sp³-hybridized carbons (Fsp3) is 0.381. The Labute approximate surface area is 160 Å². The van der Waals surface area contributed by atoms with Crippen LogP contribution in [0.5, 0.6) is 11.5 Å². The molecule has 0 bridgehead atoms. The smallest absolute Gasteiger partial charge is 0.233 e. The van der Waals surface area contributed by atoms with Gasteiger partial charge in [0.25, 0.3) is 0 Å². The fourth-order valence-electron chi connectivity index (χ4n) is 2.56. The summed E-state index contributed by atoms with van der Waals surface area (Å²) in [7, 11) is 3.26. The lowest BCUT2D eigenvalue weighted by atomic mass is 10.1. The molecule has 2 rings (SSSR count). The van der Waals surface area contributed by atoms with Gasteiger partial charge in [-0.3, -0.25) is 4.79 Å². The Bertz CT molecular complexity index is 716. The predicted octanol–water partition coefficient (Wildman–Crippen LogP) is 4.24. The Balaban J connectivity index is 1.75. The maximum absolute atomic E-state index is 12.2. The van der Waals surface area contributed by atoms with Gasteiger partial charge in [-0.2, -0.15) is 0 Å². The van der Waals surface area contributed by atoms with E-state index in [4.69, 9.17) is 9.47 Å². The van der Waals surface area contributed by atoms with Gasteiger partial charge in [-0.1, -0.05) is 23.8 Å². The van der Waals surface area contributed by atoms with Crippen LogP contribution in [0.4, 0.5) is 0 Å². The molecule has 0 unspecified atom stereocenters. The van der Waals surface area contributed by atoms with Gasteiger partial charge in [0.1, 0.15) is 0 Å². The summed E-state index contributed by atoms with van der Waals surface area (Å²) >= 11 is 1.58. The largest absolute Gasteiger partial charge is 0.493 e. The van der Waals surface area contributed by atoms with E-state index in [0.29, 0.717) is 6.54 Å². The molecule has 0 aromatic heterocycles. The number of aryl methyl sites for hydroxylation is 2. The number of carbonyl (C=O) groups is 1. The summed E-state index contributed by atoms with van der Waals surface area (Å²) in [5.74, 6) is 1.53. The number of nitrogens with one attached hydrogen (secondary N) is 1. The van der Waals surface area contributed by atoms with E-state index >= 15 is 0 Å². The molecule has 0 heterocycles. The second-order valence-electron chi connectivity index (χ2n) is 6.16. The van der Waals surface area contributed by atoms with Gasteiger partial charge in [-0.25, -0.2) is 0 Å². The van der Waals surface area contributed by atoms with E-state index in [0.717, 1.165) is 29.2 Å². The maximum Gasteiger partial charge on any atom is 0.233 e. The highest BCUT2D eigenvalue weighted by Gasteiger charge is 2.13. The molecule has 0 aliphatic rings. The first-order valence-electron chi connectivity index (χ1n) is 8.75. The lowest BCUT2D eigenvalue weighted by molar-refractivity contribution is -0.120. The molecule has 0 saturated heterocycles. The van der Waals surface area contributed by atoms with Gasteiger partial charge >= 0.3 is 0 Å². The zero-order chi connectivity index (χ0) is 18.9. The number of hydrogen-bond donors (Lipinski definition) is 1. The normalized spacial score (nSPS) is 11.7. The van der Waals surface area contributed by atoms with Crippen molar-refractivity contribution in [2.45, 2.75) is 36.8 Å². The number of hydrogen-bond acceptors (Lipinski definition) is 4. The van der Waals surface area contributed by atoms with Crippen molar-refractivity contribution in [2.24, 2.45) is 0 Å². The molecule has 4 nitrogen and oxygen atoms in total. The van der Waals surface area contributed by atoms with Crippen molar-refractivity contribution in [1.29, 1.82) is 0 Å². The van der Waals surface area contributed by atoms with Gasteiger partial charge in [0, 0.05) is 11.4 Å². The van der Waals surface area contributed by atoms with Gasteiger partial charge in [0.15, 0.2) is 11.5 Å².